The van der Waals surface area contributed by atoms with Crippen molar-refractivity contribution in [3.05, 3.63) is 36.5 Å². The van der Waals surface area contributed by atoms with Crippen LogP contribution in [0.5, 0.6) is 5.75 Å². The van der Waals surface area contributed by atoms with E-state index in [0.717, 1.165) is 64.5 Å². The first-order valence-corrected chi connectivity index (χ1v) is 9.52. The number of phenols is 1. The van der Waals surface area contributed by atoms with Crippen molar-refractivity contribution in [2.75, 3.05) is 57.7 Å². The third-order valence-electron chi connectivity index (χ3n) is 5.45. The molecule has 6 nitrogen and oxygen atoms in total. The SMILES string of the molecule is C=C(CN1CC[C@@H](C(=O)Nc2ccc(O)cc2)C1)N1CCN(CC)CC1. The van der Waals surface area contributed by atoms with E-state index in [1.54, 1.807) is 24.3 Å². The van der Waals surface area contributed by atoms with Gasteiger partial charge in [0.25, 0.3) is 0 Å². The van der Waals surface area contributed by atoms with E-state index >= 15 is 0 Å². The van der Waals surface area contributed by atoms with Crippen molar-refractivity contribution < 1.29 is 9.90 Å². The third-order valence-corrected chi connectivity index (χ3v) is 5.45. The Hall–Kier alpha value is -2.05. The number of anilines is 1. The summed E-state index contributed by atoms with van der Waals surface area (Å²) in [6, 6.07) is 6.60. The zero-order valence-corrected chi connectivity index (χ0v) is 15.7. The van der Waals surface area contributed by atoms with Gasteiger partial charge in [-0.1, -0.05) is 13.5 Å². The molecule has 2 heterocycles. The van der Waals surface area contributed by atoms with Gasteiger partial charge in [0.05, 0.1) is 5.92 Å². The smallest absolute Gasteiger partial charge is 0.228 e. The Bertz CT molecular complexity index is 623. The molecule has 26 heavy (non-hydrogen) atoms. The van der Waals surface area contributed by atoms with E-state index in [2.05, 4.69) is 33.5 Å². The van der Waals surface area contributed by atoms with Crippen LogP contribution < -0.4 is 5.32 Å². The van der Waals surface area contributed by atoms with E-state index in [1.165, 1.54) is 5.70 Å². The van der Waals surface area contributed by atoms with Crippen molar-refractivity contribution in [2.24, 2.45) is 5.92 Å². The molecule has 1 atom stereocenters. The summed E-state index contributed by atoms with van der Waals surface area (Å²) in [7, 11) is 0. The van der Waals surface area contributed by atoms with Crippen LogP contribution in [0.4, 0.5) is 5.69 Å². The number of hydrogen-bond acceptors (Lipinski definition) is 5. The number of aromatic hydroxyl groups is 1. The maximum atomic E-state index is 12.5. The number of likely N-dealkylation sites (tertiary alicyclic amines) is 1. The topological polar surface area (TPSA) is 59.1 Å². The van der Waals surface area contributed by atoms with Gasteiger partial charge in [0.15, 0.2) is 0 Å². The van der Waals surface area contributed by atoms with Gasteiger partial charge in [-0.25, -0.2) is 0 Å². The highest BCUT2D eigenvalue weighted by Gasteiger charge is 2.29. The Balaban J connectivity index is 1.44. The minimum absolute atomic E-state index is 0.00791. The zero-order chi connectivity index (χ0) is 18.5. The van der Waals surface area contributed by atoms with Gasteiger partial charge in [-0.3, -0.25) is 9.69 Å². The monoisotopic (exact) mass is 358 g/mol. The van der Waals surface area contributed by atoms with Gasteiger partial charge in [0, 0.05) is 50.7 Å². The van der Waals surface area contributed by atoms with Gasteiger partial charge in [0.1, 0.15) is 5.75 Å². The van der Waals surface area contributed by atoms with Crippen molar-refractivity contribution >= 4 is 11.6 Å². The lowest BCUT2D eigenvalue weighted by molar-refractivity contribution is -0.119. The predicted octanol–water partition coefficient (Wildman–Crippen LogP) is 1.80. The second kappa shape index (κ2) is 8.56. The zero-order valence-electron chi connectivity index (χ0n) is 15.7. The van der Waals surface area contributed by atoms with Crippen molar-refractivity contribution in [1.82, 2.24) is 14.7 Å². The van der Waals surface area contributed by atoms with E-state index in [4.69, 9.17) is 0 Å². The van der Waals surface area contributed by atoms with E-state index < -0.39 is 0 Å². The summed E-state index contributed by atoms with van der Waals surface area (Å²) in [5, 5.41) is 12.3. The van der Waals surface area contributed by atoms with Gasteiger partial charge in [-0.05, 0) is 43.8 Å². The maximum Gasteiger partial charge on any atom is 0.228 e. The molecule has 0 aliphatic carbocycles. The second-order valence-corrected chi connectivity index (χ2v) is 7.24. The number of benzene rings is 1. The fourth-order valence-electron chi connectivity index (χ4n) is 3.72. The molecule has 0 bridgehead atoms. The Kier molecular flexibility index (Phi) is 6.16. The number of likely N-dealkylation sites (N-methyl/N-ethyl adjacent to an activating group) is 1. The highest BCUT2D eigenvalue weighted by Crippen LogP contribution is 2.21. The number of carbonyl (C=O) groups excluding carboxylic acids is 1. The van der Waals surface area contributed by atoms with Crippen molar-refractivity contribution in [1.29, 1.82) is 0 Å². The molecule has 142 valence electrons. The number of nitrogens with zero attached hydrogens (tertiary/aromatic N) is 3. The van der Waals surface area contributed by atoms with Crippen molar-refractivity contribution in [3.63, 3.8) is 0 Å². The van der Waals surface area contributed by atoms with Crippen LogP contribution in [-0.4, -0.2) is 78.1 Å². The quantitative estimate of drug-likeness (QED) is 0.760. The fourth-order valence-corrected chi connectivity index (χ4v) is 3.72. The Labute approximate surface area is 156 Å². The number of rotatable bonds is 6. The van der Waals surface area contributed by atoms with Crippen LogP contribution in [0.3, 0.4) is 0 Å². The standard InChI is InChI=1S/C20H30N4O2/c1-3-22-10-12-24(13-11-22)16(2)14-23-9-8-17(15-23)20(26)21-18-4-6-19(25)7-5-18/h4-7,17,25H,2-3,8-15H2,1H3,(H,21,26)/t17-/m1/s1. The summed E-state index contributed by atoms with van der Waals surface area (Å²) in [6.07, 6.45) is 0.876. The van der Waals surface area contributed by atoms with Crippen LogP contribution in [0.2, 0.25) is 0 Å². The summed E-state index contributed by atoms with van der Waals surface area (Å²) >= 11 is 0. The lowest BCUT2D eigenvalue weighted by Gasteiger charge is -2.37. The number of nitrogens with one attached hydrogen (secondary N) is 1. The number of amides is 1. The average molecular weight is 358 g/mol. The van der Waals surface area contributed by atoms with Gasteiger partial charge < -0.3 is 20.2 Å². The summed E-state index contributed by atoms with van der Waals surface area (Å²) in [5.41, 5.74) is 1.89. The second-order valence-electron chi connectivity index (χ2n) is 7.24. The number of hydrogen-bond donors (Lipinski definition) is 2. The first kappa shape index (κ1) is 18.7. The molecule has 6 heteroatoms. The first-order chi connectivity index (χ1) is 12.5. The van der Waals surface area contributed by atoms with E-state index in [-0.39, 0.29) is 17.6 Å². The molecule has 2 saturated heterocycles. The number of piperazine rings is 1. The molecule has 2 aliphatic rings. The highest BCUT2D eigenvalue weighted by molar-refractivity contribution is 5.92. The Morgan fingerprint density at radius 1 is 1.15 bits per heavy atom. The minimum atomic E-state index is 0.00791. The summed E-state index contributed by atoms with van der Waals surface area (Å²) in [4.78, 5) is 19.6. The van der Waals surface area contributed by atoms with E-state index in [1.807, 2.05) is 0 Å². The summed E-state index contributed by atoms with van der Waals surface area (Å²) < 4.78 is 0. The summed E-state index contributed by atoms with van der Waals surface area (Å²) in [6.45, 7) is 14.5. The van der Waals surface area contributed by atoms with Gasteiger partial charge >= 0.3 is 0 Å². The molecule has 0 saturated carbocycles. The highest BCUT2D eigenvalue weighted by atomic mass is 16.3. The lowest BCUT2D eigenvalue weighted by Crippen LogP contribution is -2.46. The molecule has 2 fully saturated rings. The molecule has 0 aromatic heterocycles. The molecule has 0 unspecified atom stereocenters. The normalized spacial score (nSPS) is 21.7. The third kappa shape index (κ3) is 4.77. The molecule has 0 radical (unpaired) electrons. The summed E-state index contributed by atoms with van der Waals surface area (Å²) in [5.74, 6) is 0.266. The number of carbonyl (C=O) groups is 1. The van der Waals surface area contributed by atoms with Gasteiger partial charge in [0.2, 0.25) is 5.91 Å². The fraction of sp³-hybridized carbons (Fsp3) is 0.550. The first-order valence-electron chi connectivity index (χ1n) is 9.52. The number of phenolic OH excluding ortho intramolecular Hbond substituents is 1. The molecule has 1 amide bonds. The van der Waals surface area contributed by atoms with Gasteiger partial charge in [-0.2, -0.15) is 0 Å². The largest absolute Gasteiger partial charge is 0.508 e. The van der Waals surface area contributed by atoms with Crippen molar-refractivity contribution in [2.45, 2.75) is 13.3 Å². The molecule has 1 aromatic carbocycles. The molecule has 2 N–H and O–H groups in total. The van der Waals surface area contributed by atoms with Crippen LogP contribution in [0.1, 0.15) is 13.3 Å². The Morgan fingerprint density at radius 2 is 1.85 bits per heavy atom. The molecular formula is C20H30N4O2. The molecule has 3 rings (SSSR count). The van der Waals surface area contributed by atoms with E-state index in [0.29, 0.717) is 0 Å². The maximum absolute atomic E-state index is 12.5. The predicted molar refractivity (Wildman–Crippen MR) is 104 cm³/mol. The minimum Gasteiger partial charge on any atom is -0.508 e. The molecule has 2 aliphatic heterocycles. The molecule has 0 spiro atoms. The van der Waals surface area contributed by atoms with Crippen LogP contribution >= 0.6 is 0 Å². The van der Waals surface area contributed by atoms with Crippen LogP contribution in [-0.2, 0) is 4.79 Å². The van der Waals surface area contributed by atoms with E-state index in [9.17, 15) is 9.90 Å². The lowest BCUT2D eigenvalue weighted by atomic mass is 10.1. The molecule has 1 aromatic rings. The average Bonchev–Trinajstić information content (AvgIpc) is 3.12. The Morgan fingerprint density at radius 3 is 2.50 bits per heavy atom. The van der Waals surface area contributed by atoms with Crippen LogP contribution in [0, 0.1) is 5.92 Å². The van der Waals surface area contributed by atoms with Crippen LogP contribution in [0.15, 0.2) is 36.5 Å². The van der Waals surface area contributed by atoms with Crippen LogP contribution in [0.25, 0.3) is 0 Å². The van der Waals surface area contributed by atoms with Gasteiger partial charge in [-0.15, -0.1) is 0 Å². The molecular weight excluding hydrogens is 328 g/mol. The van der Waals surface area contributed by atoms with Crippen molar-refractivity contribution in [3.8, 4) is 5.75 Å².